The van der Waals surface area contributed by atoms with Gasteiger partial charge in [-0.15, -0.1) is 0 Å². The van der Waals surface area contributed by atoms with Gasteiger partial charge in [0.05, 0.1) is 7.11 Å². The summed E-state index contributed by atoms with van der Waals surface area (Å²) < 4.78 is 18.0. The number of nitrogens with zero attached hydrogens (tertiary/aromatic N) is 1. The first-order valence-corrected chi connectivity index (χ1v) is 8.68. The third-order valence-electron chi connectivity index (χ3n) is 4.52. The molecule has 2 aromatic rings. The molecule has 1 N–H and O–H groups in total. The molecule has 24 heavy (non-hydrogen) atoms. The van der Waals surface area contributed by atoms with Gasteiger partial charge in [0.2, 0.25) is 12.5 Å². The summed E-state index contributed by atoms with van der Waals surface area (Å²) in [5, 5.41) is 3.61. The fourth-order valence-corrected chi connectivity index (χ4v) is 3.75. The molecule has 4 rings (SSSR count). The Labute approximate surface area is 149 Å². The number of hydrogen-bond acceptors (Lipinski definition) is 5. The summed E-state index contributed by atoms with van der Waals surface area (Å²) >= 11 is 3.53. The van der Waals surface area contributed by atoms with E-state index in [4.69, 9.17) is 14.2 Å². The van der Waals surface area contributed by atoms with Gasteiger partial charge < -0.3 is 19.5 Å². The Balaban J connectivity index is 1.79. The van der Waals surface area contributed by atoms with E-state index in [1.54, 1.807) is 7.11 Å². The van der Waals surface area contributed by atoms with E-state index in [1.807, 2.05) is 12.1 Å². The number of benzene rings is 2. The normalized spacial score (nSPS) is 19.0. The zero-order valence-electron chi connectivity index (χ0n) is 13.6. The average Bonchev–Trinajstić information content (AvgIpc) is 3.04. The molecule has 0 radical (unpaired) electrons. The van der Waals surface area contributed by atoms with E-state index >= 15 is 0 Å². The Morgan fingerprint density at radius 1 is 1.29 bits per heavy atom. The molecule has 2 heterocycles. The molecule has 0 aromatic heterocycles. The van der Waals surface area contributed by atoms with Crippen molar-refractivity contribution in [2.75, 3.05) is 32.8 Å². The highest BCUT2D eigenvalue weighted by atomic mass is 79.9. The maximum Gasteiger partial charge on any atom is 0.231 e. The molecule has 0 saturated carbocycles. The first-order chi connectivity index (χ1) is 11.7. The van der Waals surface area contributed by atoms with Crippen LogP contribution in [0.2, 0.25) is 0 Å². The lowest BCUT2D eigenvalue weighted by atomic mass is 9.94. The van der Waals surface area contributed by atoms with Crippen LogP contribution in [0.15, 0.2) is 34.8 Å². The van der Waals surface area contributed by atoms with Crippen molar-refractivity contribution in [3.8, 4) is 17.2 Å². The lowest BCUT2D eigenvalue weighted by molar-refractivity contribution is 0.170. The Hall–Kier alpha value is -1.92. The molecule has 0 spiro atoms. The molecule has 2 aromatic carbocycles. The van der Waals surface area contributed by atoms with Crippen LogP contribution in [0.4, 0.5) is 5.69 Å². The molecule has 0 fully saturated rings. The van der Waals surface area contributed by atoms with Gasteiger partial charge in [0.1, 0.15) is 6.17 Å². The quantitative estimate of drug-likeness (QED) is 0.863. The van der Waals surface area contributed by atoms with Crippen LogP contribution in [0.25, 0.3) is 0 Å². The number of anilines is 1. The highest BCUT2D eigenvalue weighted by molar-refractivity contribution is 9.10. The minimum absolute atomic E-state index is 0.00694. The minimum Gasteiger partial charge on any atom is -0.492 e. The molecular weight excluding hydrogens is 372 g/mol. The van der Waals surface area contributed by atoms with Crippen molar-refractivity contribution in [2.45, 2.75) is 12.6 Å². The maximum atomic E-state index is 5.71. The van der Waals surface area contributed by atoms with Crippen molar-refractivity contribution in [1.29, 1.82) is 0 Å². The van der Waals surface area contributed by atoms with Gasteiger partial charge in [0.15, 0.2) is 11.5 Å². The van der Waals surface area contributed by atoms with Crippen molar-refractivity contribution in [3.05, 3.63) is 45.9 Å². The molecular formula is C18H19BrN2O3. The van der Waals surface area contributed by atoms with E-state index in [0.29, 0.717) is 5.75 Å². The highest BCUT2D eigenvalue weighted by Gasteiger charge is 2.33. The molecule has 2 aliphatic rings. The van der Waals surface area contributed by atoms with E-state index in [1.165, 1.54) is 5.56 Å². The molecule has 2 aliphatic heterocycles. The Morgan fingerprint density at radius 3 is 2.96 bits per heavy atom. The van der Waals surface area contributed by atoms with Gasteiger partial charge in [0.25, 0.3) is 0 Å². The average molecular weight is 391 g/mol. The van der Waals surface area contributed by atoms with Crippen molar-refractivity contribution in [3.63, 3.8) is 0 Å². The predicted molar refractivity (Wildman–Crippen MR) is 96.0 cm³/mol. The lowest BCUT2D eigenvalue weighted by Gasteiger charge is -2.36. The second kappa shape index (κ2) is 6.18. The van der Waals surface area contributed by atoms with E-state index in [9.17, 15) is 0 Å². The number of nitrogens with one attached hydrogen (secondary N) is 1. The maximum absolute atomic E-state index is 5.71. The summed E-state index contributed by atoms with van der Waals surface area (Å²) in [5.74, 6) is 2.24. The number of halogens is 1. The number of hydrogen-bond donors (Lipinski definition) is 1. The summed E-state index contributed by atoms with van der Waals surface area (Å²) in [6.45, 7) is 1.20. The molecule has 0 amide bonds. The van der Waals surface area contributed by atoms with Crippen molar-refractivity contribution >= 4 is 21.6 Å². The summed E-state index contributed by atoms with van der Waals surface area (Å²) in [6.07, 6.45) is 0.961. The van der Waals surface area contributed by atoms with E-state index < -0.39 is 0 Å². The van der Waals surface area contributed by atoms with Crippen molar-refractivity contribution < 1.29 is 14.2 Å². The van der Waals surface area contributed by atoms with Crippen LogP contribution >= 0.6 is 15.9 Å². The van der Waals surface area contributed by atoms with E-state index in [0.717, 1.165) is 40.2 Å². The lowest BCUT2D eigenvalue weighted by Crippen LogP contribution is -2.37. The number of likely N-dealkylation sites (N-methyl/N-ethyl adjacent to an activating group) is 1. The van der Waals surface area contributed by atoms with Crippen LogP contribution in [-0.2, 0) is 6.42 Å². The molecule has 0 bridgehead atoms. The summed E-state index contributed by atoms with van der Waals surface area (Å²) in [4.78, 5) is 2.29. The van der Waals surface area contributed by atoms with E-state index in [2.05, 4.69) is 51.4 Å². The zero-order valence-corrected chi connectivity index (χ0v) is 15.2. The smallest absolute Gasteiger partial charge is 0.231 e. The van der Waals surface area contributed by atoms with Gasteiger partial charge in [-0.25, -0.2) is 0 Å². The summed E-state index contributed by atoms with van der Waals surface area (Å²) in [5.41, 5.74) is 3.41. The first-order valence-electron chi connectivity index (χ1n) is 7.89. The monoisotopic (exact) mass is 390 g/mol. The van der Waals surface area contributed by atoms with Gasteiger partial charge in [-0.3, -0.25) is 4.90 Å². The molecule has 1 unspecified atom stereocenters. The zero-order chi connectivity index (χ0) is 16.7. The molecule has 1 atom stereocenters. The fourth-order valence-electron chi connectivity index (χ4n) is 3.35. The van der Waals surface area contributed by atoms with E-state index in [-0.39, 0.29) is 13.0 Å². The van der Waals surface area contributed by atoms with Gasteiger partial charge >= 0.3 is 0 Å². The largest absolute Gasteiger partial charge is 0.492 e. The molecule has 0 saturated heterocycles. The Kier molecular flexibility index (Phi) is 4.02. The van der Waals surface area contributed by atoms with Gasteiger partial charge in [-0.05, 0) is 43.3 Å². The Morgan fingerprint density at radius 2 is 2.17 bits per heavy atom. The molecule has 6 heteroatoms. The Bertz CT molecular complexity index is 781. The second-order valence-electron chi connectivity index (χ2n) is 6.00. The standard InChI is InChI=1S/C18H19BrN2O3/c1-21-7-6-11-8-14-16(24-10-23-14)17(22-2)15(11)18(21)20-13-5-3-4-12(19)9-13/h3-5,8-9,18,20H,6-7,10H2,1-2H3. The molecule has 5 nitrogen and oxygen atoms in total. The van der Waals surface area contributed by atoms with Crippen LogP contribution in [0, 0.1) is 0 Å². The van der Waals surface area contributed by atoms with Crippen LogP contribution in [0.3, 0.4) is 0 Å². The third kappa shape index (κ3) is 2.59. The van der Waals surface area contributed by atoms with Crippen molar-refractivity contribution in [1.82, 2.24) is 4.90 Å². The summed E-state index contributed by atoms with van der Waals surface area (Å²) in [7, 11) is 3.80. The fraction of sp³-hybridized carbons (Fsp3) is 0.333. The number of rotatable bonds is 3. The topological polar surface area (TPSA) is 43.0 Å². The molecule has 126 valence electrons. The first kappa shape index (κ1) is 15.6. The highest BCUT2D eigenvalue weighted by Crippen LogP contribution is 2.49. The number of ether oxygens (including phenoxy) is 3. The van der Waals surface area contributed by atoms with Crippen LogP contribution in [-0.4, -0.2) is 32.4 Å². The number of methoxy groups -OCH3 is 1. The third-order valence-corrected chi connectivity index (χ3v) is 5.02. The van der Waals surface area contributed by atoms with Crippen molar-refractivity contribution in [2.24, 2.45) is 0 Å². The second-order valence-corrected chi connectivity index (χ2v) is 6.92. The van der Waals surface area contributed by atoms with Gasteiger partial charge in [0, 0.05) is 22.3 Å². The summed E-state index contributed by atoms with van der Waals surface area (Å²) in [6, 6.07) is 10.3. The van der Waals surface area contributed by atoms with Crippen LogP contribution in [0.5, 0.6) is 17.2 Å². The SMILES string of the molecule is COc1c2c(cc3c1C(Nc1cccc(Br)c1)N(C)CC3)OCO2. The predicted octanol–water partition coefficient (Wildman–Crippen LogP) is 3.79. The number of fused-ring (bicyclic) bond motifs is 2. The van der Waals surface area contributed by atoms with Crippen LogP contribution in [0.1, 0.15) is 17.3 Å². The van der Waals surface area contributed by atoms with Gasteiger partial charge in [-0.2, -0.15) is 0 Å². The molecule has 0 aliphatic carbocycles. The van der Waals surface area contributed by atoms with Crippen LogP contribution < -0.4 is 19.5 Å². The van der Waals surface area contributed by atoms with Gasteiger partial charge in [-0.1, -0.05) is 22.0 Å². The minimum atomic E-state index is 0.00694.